The number of carbonyl (C=O) groups is 2. The zero-order valence-corrected chi connectivity index (χ0v) is 16.2. The van der Waals surface area contributed by atoms with E-state index in [2.05, 4.69) is 22.2 Å². The molecule has 0 aliphatic carbocycles. The maximum atomic E-state index is 12.6. The molecule has 0 aliphatic heterocycles. The summed E-state index contributed by atoms with van der Waals surface area (Å²) in [6.07, 6.45) is 1.62. The maximum absolute atomic E-state index is 12.6. The average molecular weight is 397 g/mol. The van der Waals surface area contributed by atoms with Gasteiger partial charge in [-0.1, -0.05) is 41.9 Å². The van der Waals surface area contributed by atoms with E-state index in [1.54, 1.807) is 30.3 Å². The molecule has 1 aromatic heterocycles. The second kappa shape index (κ2) is 8.71. The first-order valence-electron chi connectivity index (χ1n) is 8.89. The van der Waals surface area contributed by atoms with Gasteiger partial charge in [0, 0.05) is 6.54 Å². The highest BCUT2D eigenvalue weighted by Gasteiger charge is 2.21. The molecule has 0 bridgehead atoms. The summed E-state index contributed by atoms with van der Waals surface area (Å²) in [5.74, 6) is 0.136. The van der Waals surface area contributed by atoms with Gasteiger partial charge in [0.1, 0.15) is 12.4 Å². The summed E-state index contributed by atoms with van der Waals surface area (Å²) in [6, 6.07) is 14.0. The third kappa shape index (κ3) is 4.23. The van der Waals surface area contributed by atoms with Gasteiger partial charge < -0.3 is 15.2 Å². The zero-order chi connectivity index (χ0) is 20.1. The number of fused-ring (bicyclic) bond motifs is 1. The molecule has 2 aromatic carbocycles. The van der Waals surface area contributed by atoms with E-state index < -0.39 is 6.04 Å². The van der Waals surface area contributed by atoms with Gasteiger partial charge in [0.25, 0.3) is 5.91 Å². The van der Waals surface area contributed by atoms with E-state index in [-0.39, 0.29) is 18.4 Å². The first-order chi connectivity index (χ1) is 13.5. The van der Waals surface area contributed by atoms with Crippen LogP contribution in [0, 0.1) is 0 Å². The van der Waals surface area contributed by atoms with E-state index in [9.17, 15) is 9.59 Å². The molecular weight excluding hydrogens is 376 g/mol. The molecule has 3 rings (SSSR count). The van der Waals surface area contributed by atoms with Crippen LogP contribution in [-0.4, -0.2) is 27.9 Å². The van der Waals surface area contributed by atoms with Crippen molar-refractivity contribution in [2.75, 3.05) is 6.54 Å². The van der Waals surface area contributed by atoms with Crippen LogP contribution in [0.2, 0.25) is 5.02 Å². The van der Waals surface area contributed by atoms with Crippen LogP contribution in [0.4, 0.5) is 0 Å². The van der Waals surface area contributed by atoms with Crippen LogP contribution in [0.25, 0.3) is 11.0 Å². The number of para-hydroxylation sites is 2. The fourth-order valence-corrected chi connectivity index (χ4v) is 3.18. The molecule has 0 fully saturated rings. The summed E-state index contributed by atoms with van der Waals surface area (Å²) in [5.41, 5.74) is 1.97. The molecule has 144 valence electrons. The lowest BCUT2D eigenvalue weighted by atomic mass is 10.2. The van der Waals surface area contributed by atoms with Crippen LogP contribution in [0.15, 0.2) is 61.2 Å². The van der Waals surface area contributed by atoms with Gasteiger partial charge in [-0.2, -0.15) is 0 Å². The van der Waals surface area contributed by atoms with Crippen molar-refractivity contribution in [1.29, 1.82) is 0 Å². The molecule has 6 nitrogen and oxygen atoms in total. The van der Waals surface area contributed by atoms with Gasteiger partial charge in [-0.3, -0.25) is 9.59 Å². The van der Waals surface area contributed by atoms with Gasteiger partial charge in [0.15, 0.2) is 0 Å². The third-order valence-electron chi connectivity index (χ3n) is 4.28. The number of aromatic nitrogens is 2. The van der Waals surface area contributed by atoms with Crippen molar-refractivity contribution in [1.82, 2.24) is 20.2 Å². The number of imidazole rings is 1. The summed E-state index contributed by atoms with van der Waals surface area (Å²) in [6.45, 7) is 5.91. The predicted molar refractivity (Wildman–Crippen MR) is 110 cm³/mol. The molecule has 1 unspecified atom stereocenters. The Kier molecular flexibility index (Phi) is 6.11. The number of carbonyl (C=O) groups excluding carboxylic acids is 2. The highest BCUT2D eigenvalue weighted by Crippen LogP contribution is 2.22. The van der Waals surface area contributed by atoms with Gasteiger partial charge in [0.2, 0.25) is 5.91 Å². The molecule has 0 spiro atoms. The number of benzene rings is 2. The number of nitrogens with zero attached hydrogens (tertiary/aromatic N) is 2. The summed E-state index contributed by atoms with van der Waals surface area (Å²) in [4.78, 5) is 29.5. The summed E-state index contributed by atoms with van der Waals surface area (Å²) >= 11 is 6.12. The monoisotopic (exact) mass is 396 g/mol. The number of hydrogen-bond donors (Lipinski definition) is 2. The summed E-state index contributed by atoms with van der Waals surface area (Å²) in [5, 5.41) is 6.06. The van der Waals surface area contributed by atoms with Crippen LogP contribution in [0.1, 0.15) is 29.1 Å². The van der Waals surface area contributed by atoms with Crippen molar-refractivity contribution in [2.45, 2.75) is 19.5 Å². The Morgan fingerprint density at radius 2 is 1.93 bits per heavy atom. The Hall–Kier alpha value is -3.12. The number of halogens is 1. The van der Waals surface area contributed by atoms with Crippen molar-refractivity contribution >= 4 is 34.4 Å². The lowest BCUT2D eigenvalue weighted by molar-refractivity contribution is -0.121. The lowest BCUT2D eigenvalue weighted by Gasteiger charge is -2.16. The second-order valence-corrected chi connectivity index (χ2v) is 6.72. The van der Waals surface area contributed by atoms with Crippen molar-refractivity contribution in [3.8, 4) is 0 Å². The Balaban J connectivity index is 1.89. The molecule has 1 heterocycles. The molecule has 0 aliphatic rings. The molecule has 0 radical (unpaired) electrons. The zero-order valence-electron chi connectivity index (χ0n) is 15.5. The Morgan fingerprint density at radius 1 is 1.21 bits per heavy atom. The minimum Gasteiger partial charge on any atom is -0.351 e. The van der Waals surface area contributed by atoms with Gasteiger partial charge in [0.05, 0.1) is 27.7 Å². The minimum atomic E-state index is -0.427. The Bertz CT molecular complexity index is 1030. The number of amides is 2. The lowest BCUT2D eigenvalue weighted by Crippen LogP contribution is -2.32. The fourth-order valence-electron chi connectivity index (χ4n) is 2.96. The Labute approximate surface area is 168 Å². The van der Waals surface area contributed by atoms with Crippen LogP contribution in [0.5, 0.6) is 0 Å². The SMILES string of the molecule is C=CCNC(=O)Cn1c(C(C)NC(=O)c2ccccc2Cl)nc2ccccc21. The average Bonchev–Trinajstić information content (AvgIpc) is 3.05. The van der Waals surface area contributed by atoms with Crippen LogP contribution in [0.3, 0.4) is 0 Å². The largest absolute Gasteiger partial charge is 0.351 e. The maximum Gasteiger partial charge on any atom is 0.253 e. The van der Waals surface area contributed by atoms with Gasteiger partial charge in [-0.15, -0.1) is 6.58 Å². The van der Waals surface area contributed by atoms with Gasteiger partial charge >= 0.3 is 0 Å². The highest BCUT2D eigenvalue weighted by molar-refractivity contribution is 6.33. The molecule has 0 saturated carbocycles. The first kappa shape index (κ1) is 19.6. The molecule has 0 saturated heterocycles. The predicted octanol–water partition coefficient (Wildman–Crippen LogP) is 3.48. The van der Waals surface area contributed by atoms with E-state index in [4.69, 9.17) is 11.6 Å². The number of rotatable bonds is 7. The van der Waals surface area contributed by atoms with E-state index in [0.717, 1.165) is 11.0 Å². The molecule has 3 aromatic rings. The van der Waals surface area contributed by atoms with Crippen molar-refractivity contribution < 1.29 is 9.59 Å². The first-order valence-corrected chi connectivity index (χ1v) is 9.27. The van der Waals surface area contributed by atoms with Crippen molar-refractivity contribution in [2.24, 2.45) is 0 Å². The third-order valence-corrected chi connectivity index (χ3v) is 4.61. The van der Waals surface area contributed by atoms with Gasteiger partial charge in [-0.05, 0) is 31.2 Å². The number of hydrogen-bond acceptors (Lipinski definition) is 3. The standard InChI is InChI=1S/C21H21ClN4O2/c1-3-12-23-19(27)13-26-18-11-7-6-10-17(18)25-20(26)14(2)24-21(28)15-8-4-5-9-16(15)22/h3-11,14H,1,12-13H2,2H3,(H,23,27)(H,24,28). The van der Waals surface area contributed by atoms with Crippen molar-refractivity contribution in [3.63, 3.8) is 0 Å². The summed E-state index contributed by atoms with van der Waals surface area (Å²) in [7, 11) is 0. The van der Waals surface area contributed by atoms with Gasteiger partial charge in [-0.25, -0.2) is 4.98 Å². The van der Waals surface area contributed by atoms with Crippen LogP contribution in [-0.2, 0) is 11.3 Å². The van der Waals surface area contributed by atoms with E-state index >= 15 is 0 Å². The topological polar surface area (TPSA) is 76.0 Å². The molecule has 2 N–H and O–H groups in total. The highest BCUT2D eigenvalue weighted by atomic mass is 35.5. The summed E-state index contributed by atoms with van der Waals surface area (Å²) < 4.78 is 1.81. The Morgan fingerprint density at radius 3 is 2.68 bits per heavy atom. The molecule has 28 heavy (non-hydrogen) atoms. The quantitative estimate of drug-likeness (QED) is 0.600. The molecule has 2 amide bonds. The number of nitrogens with one attached hydrogen (secondary N) is 2. The van der Waals surface area contributed by atoms with Crippen LogP contribution >= 0.6 is 11.6 Å². The normalized spacial score (nSPS) is 11.8. The molecule has 7 heteroatoms. The van der Waals surface area contributed by atoms with Crippen molar-refractivity contribution in [3.05, 3.63) is 77.6 Å². The second-order valence-electron chi connectivity index (χ2n) is 6.31. The van der Waals surface area contributed by atoms with E-state index in [1.807, 2.05) is 35.8 Å². The molecule has 1 atom stereocenters. The van der Waals surface area contributed by atoms with E-state index in [1.165, 1.54) is 0 Å². The minimum absolute atomic E-state index is 0.0932. The van der Waals surface area contributed by atoms with Crippen LogP contribution < -0.4 is 10.6 Å². The fraction of sp³-hybridized carbons (Fsp3) is 0.190. The molecular formula is C21H21ClN4O2. The smallest absolute Gasteiger partial charge is 0.253 e. The van der Waals surface area contributed by atoms with E-state index in [0.29, 0.717) is 23.0 Å².